The smallest absolute Gasteiger partial charge is 0.305 e. The number of hydrogen-bond acceptors (Lipinski definition) is 5. The first-order valence-corrected chi connectivity index (χ1v) is 8.51. The lowest BCUT2D eigenvalue weighted by atomic mass is 9.87. The number of aromatic nitrogens is 1. The molecule has 0 saturated carbocycles. The van der Waals surface area contributed by atoms with Crippen LogP contribution < -0.4 is 5.32 Å². The molecule has 1 heterocycles. The standard InChI is InChI=1S/C14H22N2O4S/c1-14(2,3)9-10(8-12(17)18)16-13-11(21(4,19)20)6-5-7-15-13/h5-7,10H,8-9H2,1-4H3,(H,15,16)(H,17,18). The molecule has 0 aliphatic rings. The van der Waals surface area contributed by atoms with Gasteiger partial charge >= 0.3 is 5.97 Å². The van der Waals surface area contributed by atoms with Gasteiger partial charge in [-0.25, -0.2) is 13.4 Å². The Hall–Kier alpha value is -1.63. The van der Waals surface area contributed by atoms with Crippen LogP contribution in [0.2, 0.25) is 0 Å². The molecular weight excluding hydrogens is 292 g/mol. The summed E-state index contributed by atoms with van der Waals surface area (Å²) in [7, 11) is -3.42. The molecule has 0 bridgehead atoms. The van der Waals surface area contributed by atoms with Gasteiger partial charge in [0.25, 0.3) is 0 Å². The highest BCUT2D eigenvalue weighted by Crippen LogP contribution is 2.26. The van der Waals surface area contributed by atoms with Crippen molar-refractivity contribution >= 4 is 21.6 Å². The Morgan fingerprint density at radius 3 is 2.52 bits per heavy atom. The summed E-state index contributed by atoms with van der Waals surface area (Å²) in [5, 5.41) is 12.0. The highest BCUT2D eigenvalue weighted by atomic mass is 32.2. The number of nitrogens with one attached hydrogen (secondary N) is 1. The fourth-order valence-corrected chi connectivity index (χ4v) is 2.90. The van der Waals surface area contributed by atoms with Crippen molar-refractivity contribution in [3.63, 3.8) is 0 Å². The van der Waals surface area contributed by atoms with Gasteiger partial charge in [-0.2, -0.15) is 0 Å². The van der Waals surface area contributed by atoms with E-state index in [-0.39, 0.29) is 22.5 Å². The van der Waals surface area contributed by atoms with E-state index in [1.54, 1.807) is 0 Å². The van der Waals surface area contributed by atoms with Gasteiger partial charge < -0.3 is 10.4 Å². The number of aliphatic carboxylic acids is 1. The molecule has 0 aliphatic heterocycles. The van der Waals surface area contributed by atoms with E-state index < -0.39 is 21.8 Å². The van der Waals surface area contributed by atoms with Gasteiger partial charge in [0.15, 0.2) is 9.84 Å². The normalized spacial score (nSPS) is 13.7. The number of nitrogens with zero attached hydrogens (tertiary/aromatic N) is 1. The van der Waals surface area contributed by atoms with Crippen molar-refractivity contribution in [2.45, 2.75) is 44.6 Å². The lowest BCUT2D eigenvalue weighted by Gasteiger charge is -2.26. The fraction of sp³-hybridized carbons (Fsp3) is 0.571. The first-order valence-electron chi connectivity index (χ1n) is 6.62. The quantitative estimate of drug-likeness (QED) is 0.835. The first-order chi connectivity index (χ1) is 9.49. The van der Waals surface area contributed by atoms with Crippen LogP contribution in [0.15, 0.2) is 23.2 Å². The molecule has 0 radical (unpaired) electrons. The van der Waals surface area contributed by atoms with Crippen LogP contribution in [0.1, 0.15) is 33.6 Å². The lowest BCUT2D eigenvalue weighted by Crippen LogP contribution is -2.29. The predicted molar refractivity (Wildman–Crippen MR) is 81.1 cm³/mol. The van der Waals surface area contributed by atoms with Crippen molar-refractivity contribution < 1.29 is 18.3 Å². The number of rotatable bonds is 6. The maximum absolute atomic E-state index is 11.7. The second kappa shape index (κ2) is 6.43. The van der Waals surface area contributed by atoms with Crippen molar-refractivity contribution in [3.8, 4) is 0 Å². The third-order valence-electron chi connectivity index (χ3n) is 2.79. The van der Waals surface area contributed by atoms with Crippen LogP contribution in [0.25, 0.3) is 0 Å². The van der Waals surface area contributed by atoms with Crippen LogP contribution in [0.4, 0.5) is 5.82 Å². The summed E-state index contributed by atoms with van der Waals surface area (Å²) >= 11 is 0. The number of carboxylic acid groups (broad SMARTS) is 1. The van der Waals surface area contributed by atoms with Crippen LogP contribution in [-0.4, -0.2) is 36.8 Å². The Morgan fingerprint density at radius 1 is 1.43 bits per heavy atom. The average molecular weight is 314 g/mol. The van der Waals surface area contributed by atoms with Crippen molar-refractivity contribution in [1.82, 2.24) is 4.98 Å². The fourth-order valence-electron chi connectivity index (χ4n) is 2.12. The van der Waals surface area contributed by atoms with E-state index in [2.05, 4.69) is 10.3 Å². The van der Waals surface area contributed by atoms with E-state index in [1.165, 1.54) is 18.3 Å². The Morgan fingerprint density at radius 2 is 2.05 bits per heavy atom. The zero-order chi connectivity index (χ0) is 16.3. The van der Waals surface area contributed by atoms with Crippen molar-refractivity contribution in [3.05, 3.63) is 18.3 Å². The van der Waals surface area contributed by atoms with Crippen LogP contribution in [0.5, 0.6) is 0 Å². The molecule has 0 aromatic carbocycles. The predicted octanol–water partition coefficient (Wildman–Crippen LogP) is 2.18. The molecule has 0 spiro atoms. The van der Waals surface area contributed by atoms with E-state index in [0.717, 1.165) is 6.26 Å². The van der Waals surface area contributed by atoms with Gasteiger partial charge in [0.05, 0.1) is 6.42 Å². The lowest BCUT2D eigenvalue weighted by molar-refractivity contribution is -0.137. The summed E-state index contributed by atoms with van der Waals surface area (Å²) in [6, 6.07) is 2.61. The Balaban J connectivity index is 3.07. The summed E-state index contributed by atoms with van der Waals surface area (Å²) in [5.41, 5.74) is -0.0901. The van der Waals surface area contributed by atoms with Crippen LogP contribution in [-0.2, 0) is 14.6 Å². The molecule has 1 aromatic rings. The summed E-state index contributed by atoms with van der Waals surface area (Å²) in [6.07, 6.45) is 3.06. The van der Waals surface area contributed by atoms with Crippen LogP contribution in [0.3, 0.4) is 0 Å². The zero-order valence-corrected chi connectivity index (χ0v) is 13.6. The van der Waals surface area contributed by atoms with Crippen molar-refractivity contribution in [2.75, 3.05) is 11.6 Å². The molecule has 0 fully saturated rings. The van der Waals surface area contributed by atoms with Gasteiger partial charge in [-0.1, -0.05) is 20.8 Å². The van der Waals surface area contributed by atoms with Gasteiger partial charge in [-0.15, -0.1) is 0 Å². The minimum absolute atomic E-state index is 0.0781. The Labute approximate surface area is 125 Å². The molecule has 118 valence electrons. The monoisotopic (exact) mass is 314 g/mol. The van der Waals surface area contributed by atoms with Gasteiger partial charge in [-0.3, -0.25) is 4.79 Å². The molecule has 0 amide bonds. The van der Waals surface area contributed by atoms with E-state index in [4.69, 9.17) is 5.11 Å². The van der Waals surface area contributed by atoms with Gasteiger partial charge in [0.1, 0.15) is 10.7 Å². The van der Waals surface area contributed by atoms with Crippen LogP contribution >= 0.6 is 0 Å². The second-order valence-corrected chi connectivity index (χ2v) is 8.31. The number of sulfone groups is 1. The highest BCUT2D eigenvalue weighted by molar-refractivity contribution is 7.90. The molecule has 1 unspecified atom stereocenters. The third kappa shape index (κ3) is 6.12. The molecular formula is C14H22N2O4S. The highest BCUT2D eigenvalue weighted by Gasteiger charge is 2.23. The topological polar surface area (TPSA) is 96.4 Å². The molecule has 1 rings (SSSR count). The molecule has 1 aromatic heterocycles. The van der Waals surface area contributed by atoms with Crippen molar-refractivity contribution in [1.29, 1.82) is 0 Å². The Bertz CT molecular complexity index is 606. The van der Waals surface area contributed by atoms with Gasteiger partial charge in [0, 0.05) is 18.5 Å². The Kier molecular flexibility index (Phi) is 5.33. The number of pyridine rings is 1. The molecule has 2 N–H and O–H groups in total. The summed E-state index contributed by atoms with van der Waals surface area (Å²) in [4.78, 5) is 15.1. The summed E-state index contributed by atoms with van der Waals surface area (Å²) < 4.78 is 23.5. The average Bonchev–Trinajstić information content (AvgIpc) is 2.24. The number of carbonyl (C=O) groups is 1. The molecule has 6 nitrogen and oxygen atoms in total. The maximum atomic E-state index is 11.7. The summed E-state index contributed by atoms with van der Waals surface area (Å²) in [5.74, 6) is -0.732. The zero-order valence-electron chi connectivity index (χ0n) is 12.8. The van der Waals surface area contributed by atoms with Crippen molar-refractivity contribution in [2.24, 2.45) is 5.41 Å². The van der Waals surface area contributed by atoms with Gasteiger partial charge in [0.2, 0.25) is 0 Å². The minimum atomic E-state index is -3.42. The van der Waals surface area contributed by atoms with Crippen LogP contribution in [0, 0.1) is 5.41 Å². The van der Waals surface area contributed by atoms with E-state index in [0.29, 0.717) is 6.42 Å². The largest absolute Gasteiger partial charge is 0.481 e. The SMILES string of the molecule is CC(C)(C)CC(CC(=O)O)Nc1ncccc1S(C)(=O)=O. The number of carboxylic acids is 1. The summed E-state index contributed by atoms with van der Waals surface area (Å²) in [6.45, 7) is 6.00. The molecule has 21 heavy (non-hydrogen) atoms. The number of anilines is 1. The molecule has 0 saturated heterocycles. The number of hydrogen-bond donors (Lipinski definition) is 2. The maximum Gasteiger partial charge on any atom is 0.305 e. The van der Waals surface area contributed by atoms with E-state index >= 15 is 0 Å². The third-order valence-corrected chi connectivity index (χ3v) is 3.92. The van der Waals surface area contributed by atoms with Gasteiger partial charge in [-0.05, 0) is 24.0 Å². The first kappa shape index (κ1) is 17.4. The molecule has 0 aliphatic carbocycles. The molecule has 1 atom stereocenters. The second-order valence-electron chi connectivity index (χ2n) is 6.33. The minimum Gasteiger partial charge on any atom is -0.481 e. The van der Waals surface area contributed by atoms with E-state index in [9.17, 15) is 13.2 Å². The molecule has 7 heteroatoms. The van der Waals surface area contributed by atoms with E-state index in [1.807, 2.05) is 20.8 Å².